The molecular formula is C22H21N3O2S. The largest absolute Gasteiger partial charge is 0.493 e. The van der Waals surface area contributed by atoms with Crippen molar-refractivity contribution in [3.8, 4) is 28.8 Å². The van der Waals surface area contributed by atoms with Crippen LogP contribution in [0.5, 0.6) is 11.5 Å². The maximum Gasteiger partial charge on any atom is 0.162 e. The van der Waals surface area contributed by atoms with Crippen LogP contribution in [0.15, 0.2) is 48.0 Å². The highest BCUT2D eigenvalue weighted by Gasteiger charge is 2.10. The number of nitrogens with zero attached hydrogens (tertiary/aromatic N) is 2. The van der Waals surface area contributed by atoms with Crippen LogP contribution >= 0.6 is 11.3 Å². The molecule has 0 saturated heterocycles. The van der Waals surface area contributed by atoms with Crippen molar-refractivity contribution in [3.05, 3.63) is 64.1 Å². The Bertz CT molecular complexity index is 1060. The van der Waals surface area contributed by atoms with Gasteiger partial charge in [-0.2, -0.15) is 5.26 Å². The number of aryl methyl sites for hydroxylation is 2. The van der Waals surface area contributed by atoms with E-state index in [-0.39, 0.29) is 0 Å². The van der Waals surface area contributed by atoms with E-state index in [4.69, 9.17) is 9.47 Å². The normalized spacial score (nSPS) is 11.0. The number of rotatable bonds is 6. The second-order valence-corrected chi connectivity index (χ2v) is 7.08. The number of allylic oxidation sites excluding steroid dienone is 1. The van der Waals surface area contributed by atoms with E-state index in [2.05, 4.69) is 48.4 Å². The highest BCUT2D eigenvalue weighted by Crippen LogP contribution is 2.31. The molecule has 0 aliphatic carbocycles. The molecule has 1 N–H and O–H groups in total. The van der Waals surface area contributed by atoms with Gasteiger partial charge in [0, 0.05) is 28.9 Å². The Hall–Kier alpha value is -3.30. The zero-order valence-electron chi connectivity index (χ0n) is 16.2. The maximum atomic E-state index is 9.56. The van der Waals surface area contributed by atoms with Crippen LogP contribution in [0, 0.1) is 25.2 Å². The molecule has 0 bridgehead atoms. The molecule has 0 spiro atoms. The zero-order valence-corrected chi connectivity index (χ0v) is 17.1. The van der Waals surface area contributed by atoms with Gasteiger partial charge in [-0.3, -0.25) is 0 Å². The molecule has 2 aromatic carbocycles. The number of thiazole rings is 1. The Morgan fingerprint density at radius 1 is 1.07 bits per heavy atom. The van der Waals surface area contributed by atoms with Gasteiger partial charge in [0.2, 0.25) is 0 Å². The zero-order chi connectivity index (χ0) is 20.1. The number of methoxy groups -OCH3 is 2. The summed E-state index contributed by atoms with van der Waals surface area (Å²) in [6, 6.07) is 13.9. The Morgan fingerprint density at radius 3 is 2.54 bits per heavy atom. The third kappa shape index (κ3) is 4.16. The Labute approximate surface area is 168 Å². The summed E-state index contributed by atoms with van der Waals surface area (Å²) in [6.45, 7) is 4.17. The molecule has 0 saturated carbocycles. The van der Waals surface area contributed by atoms with E-state index in [9.17, 15) is 5.26 Å². The van der Waals surface area contributed by atoms with Crippen molar-refractivity contribution in [1.29, 1.82) is 5.26 Å². The smallest absolute Gasteiger partial charge is 0.162 e. The number of nitriles is 1. The lowest BCUT2D eigenvalue weighted by atomic mass is 10.1. The summed E-state index contributed by atoms with van der Waals surface area (Å²) in [6.07, 6.45) is 1.66. The molecule has 3 rings (SSSR count). The molecule has 142 valence electrons. The lowest BCUT2D eigenvalue weighted by Crippen LogP contribution is -1.94. The van der Waals surface area contributed by atoms with E-state index in [0.29, 0.717) is 22.1 Å². The van der Waals surface area contributed by atoms with E-state index >= 15 is 0 Å². The Morgan fingerprint density at radius 2 is 1.86 bits per heavy atom. The predicted octanol–water partition coefficient (Wildman–Crippen LogP) is 5.42. The Kier molecular flexibility index (Phi) is 5.97. The van der Waals surface area contributed by atoms with Crippen molar-refractivity contribution >= 4 is 22.6 Å². The summed E-state index contributed by atoms with van der Waals surface area (Å²) in [7, 11) is 3.18. The Balaban J connectivity index is 1.83. The molecule has 0 unspecified atom stereocenters. The van der Waals surface area contributed by atoms with E-state index in [1.807, 2.05) is 23.6 Å². The summed E-state index contributed by atoms with van der Waals surface area (Å²) in [4.78, 5) is 4.64. The lowest BCUT2D eigenvalue weighted by molar-refractivity contribution is 0.355. The average molecular weight is 391 g/mol. The maximum absolute atomic E-state index is 9.56. The first-order valence-electron chi connectivity index (χ1n) is 8.68. The fraction of sp³-hybridized carbons (Fsp3) is 0.182. The number of hydrogen-bond acceptors (Lipinski definition) is 6. The standard InChI is InChI=1S/C22H21N3O2S/c1-14-5-6-16(9-15(14)2)19-13-28-22(25-19)17(11-23)12-24-18-7-8-20(26-3)21(10-18)27-4/h5-10,12-13,24H,1-4H3/b17-12+. The minimum absolute atomic E-state index is 0.467. The van der Waals surface area contributed by atoms with Crippen LogP contribution < -0.4 is 14.8 Å². The number of aromatic nitrogens is 1. The van der Waals surface area contributed by atoms with Crippen molar-refractivity contribution < 1.29 is 9.47 Å². The fourth-order valence-corrected chi connectivity index (χ4v) is 3.45. The predicted molar refractivity (Wildman–Crippen MR) is 114 cm³/mol. The number of ether oxygens (including phenoxy) is 2. The summed E-state index contributed by atoms with van der Waals surface area (Å²) >= 11 is 1.45. The lowest BCUT2D eigenvalue weighted by Gasteiger charge is -2.09. The summed E-state index contributed by atoms with van der Waals surface area (Å²) in [5.41, 5.74) is 5.64. The van der Waals surface area contributed by atoms with Crippen LogP contribution in [0.25, 0.3) is 16.8 Å². The van der Waals surface area contributed by atoms with Crippen LogP contribution in [0.2, 0.25) is 0 Å². The monoisotopic (exact) mass is 391 g/mol. The first kappa shape index (κ1) is 19.5. The minimum atomic E-state index is 0.467. The van der Waals surface area contributed by atoms with Gasteiger partial charge in [0.15, 0.2) is 11.5 Å². The van der Waals surface area contributed by atoms with Crippen molar-refractivity contribution in [2.45, 2.75) is 13.8 Å². The molecule has 3 aromatic rings. The van der Waals surface area contributed by atoms with E-state index in [0.717, 1.165) is 16.9 Å². The minimum Gasteiger partial charge on any atom is -0.493 e. The molecule has 0 amide bonds. The molecule has 0 aliphatic rings. The number of benzene rings is 2. The van der Waals surface area contributed by atoms with Gasteiger partial charge in [0.1, 0.15) is 16.6 Å². The van der Waals surface area contributed by atoms with Gasteiger partial charge in [-0.05, 0) is 43.2 Å². The van der Waals surface area contributed by atoms with Gasteiger partial charge >= 0.3 is 0 Å². The topological polar surface area (TPSA) is 67.2 Å². The van der Waals surface area contributed by atoms with Gasteiger partial charge in [0.05, 0.1) is 19.9 Å². The van der Waals surface area contributed by atoms with Gasteiger partial charge < -0.3 is 14.8 Å². The van der Waals surface area contributed by atoms with E-state index in [1.165, 1.54) is 22.5 Å². The third-order valence-corrected chi connectivity index (χ3v) is 5.30. The van der Waals surface area contributed by atoms with Crippen molar-refractivity contribution in [2.24, 2.45) is 0 Å². The molecule has 0 fully saturated rings. The first-order chi connectivity index (χ1) is 13.5. The second-order valence-electron chi connectivity index (χ2n) is 6.22. The number of nitrogens with one attached hydrogen (secondary N) is 1. The molecule has 6 heteroatoms. The third-order valence-electron chi connectivity index (χ3n) is 4.42. The molecular weight excluding hydrogens is 370 g/mol. The number of anilines is 1. The molecule has 0 atom stereocenters. The van der Waals surface area contributed by atoms with Crippen molar-refractivity contribution in [3.63, 3.8) is 0 Å². The molecule has 28 heavy (non-hydrogen) atoms. The first-order valence-corrected chi connectivity index (χ1v) is 9.56. The summed E-state index contributed by atoms with van der Waals surface area (Å²) in [5.74, 6) is 1.26. The van der Waals surface area contributed by atoms with Gasteiger partial charge in [0.25, 0.3) is 0 Å². The van der Waals surface area contributed by atoms with Crippen LogP contribution in [-0.4, -0.2) is 19.2 Å². The van der Waals surface area contributed by atoms with E-state index in [1.54, 1.807) is 20.4 Å². The quantitative estimate of drug-likeness (QED) is 0.568. The number of hydrogen-bond donors (Lipinski definition) is 1. The van der Waals surface area contributed by atoms with Crippen molar-refractivity contribution in [2.75, 3.05) is 19.5 Å². The second kappa shape index (κ2) is 8.59. The van der Waals surface area contributed by atoms with Crippen molar-refractivity contribution in [1.82, 2.24) is 4.98 Å². The highest BCUT2D eigenvalue weighted by molar-refractivity contribution is 7.11. The average Bonchev–Trinajstić information content (AvgIpc) is 3.20. The van der Waals surface area contributed by atoms with Gasteiger partial charge in [-0.1, -0.05) is 12.1 Å². The van der Waals surface area contributed by atoms with Crippen LogP contribution in [-0.2, 0) is 0 Å². The molecule has 1 aromatic heterocycles. The van der Waals surface area contributed by atoms with Crippen LogP contribution in [0.3, 0.4) is 0 Å². The summed E-state index contributed by atoms with van der Waals surface area (Å²) in [5, 5.41) is 15.3. The fourth-order valence-electron chi connectivity index (χ4n) is 2.65. The molecule has 1 heterocycles. The molecule has 0 radical (unpaired) electrons. The summed E-state index contributed by atoms with van der Waals surface area (Å²) < 4.78 is 10.5. The van der Waals surface area contributed by atoms with Gasteiger partial charge in [-0.25, -0.2) is 4.98 Å². The molecule has 5 nitrogen and oxygen atoms in total. The van der Waals surface area contributed by atoms with Crippen LogP contribution in [0.4, 0.5) is 5.69 Å². The molecule has 0 aliphatic heterocycles. The van der Waals surface area contributed by atoms with Crippen LogP contribution in [0.1, 0.15) is 16.1 Å². The van der Waals surface area contributed by atoms with E-state index < -0.39 is 0 Å². The van der Waals surface area contributed by atoms with Gasteiger partial charge in [-0.15, -0.1) is 11.3 Å². The SMILES string of the molecule is COc1ccc(N/C=C(\C#N)c2nc(-c3ccc(C)c(C)c3)cs2)cc1OC. The highest BCUT2D eigenvalue weighted by atomic mass is 32.1.